The standard InChI is InChI=1S/C22H27NO4/c1-14(2)17-7-6-8-18(15(3)4)22(17)23-21(25)13-27-19-10-9-16(12-24)11-20(19)26-5/h6-12,14-15H,13H2,1-5H3,(H,23,25). The van der Waals surface area contributed by atoms with Crippen molar-refractivity contribution in [2.24, 2.45) is 0 Å². The van der Waals surface area contributed by atoms with Crippen LogP contribution in [0.25, 0.3) is 0 Å². The number of amides is 1. The Hall–Kier alpha value is -2.82. The van der Waals surface area contributed by atoms with E-state index in [1.807, 2.05) is 18.2 Å². The number of ether oxygens (including phenoxy) is 2. The molecule has 0 atom stereocenters. The minimum absolute atomic E-state index is 0.152. The average Bonchev–Trinajstić information content (AvgIpc) is 2.65. The van der Waals surface area contributed by atoms with Gasteiger partial charge in [0.15, 0.2) is 18.1 Å². The van der Waals surface area contributed by atoms with Crippen molar-refractivity contribution in [2.45, 2.75) is 39.5 Å². The number of carbonyl (C=O) groups excluding carboxylic acids is 2. The highest BCUT2D eigenvalue weighted by molar-refractivity contribution is 5.93. The molecular formula is C22H27NO4. The van der Waals surface area contributed by atoms with Gasteiger partial charge in [0.2, 0.25) is 0 Å². The van der Waals surface area contributed by atoms with E-state index < -0.39 is 0 Å². The normalized spacial score (nSPS) is 10.8. The van der Waals surface area contributed by atoms with Crippen LogP contribution in [0.3, 0.4) is 0 Å². The fraction of sp³-hybridized carbons (Fsp3) is 0.364. The maximum absolute atomic E-state index is 12.5. The van der Waals surface area contributed by atoms with E-state index in [0.29, 0.717) is 17.1 Å². The molecule has 0 saturated heterocycles. The van der Waals surface area contributed by atoms with E-state index in [2.05, 4.69) is 33.0 Å². The van der Waals surface area contributed by atoms with Crippen LogP contribution in [0.1, 0.15) is 61.0 Å². The second-order valence-electron chi connectivity index (χ2n) is 6.99. The second-order valence-corrected chi connectivity index (χ2v) is 6.99. The van der Waals surface area contributed by atoms with Crippen LogP contribution in [0.2, 0.25) is 0 Å². The molecule has 0 radical (unpaired) electrons. The van der Waals surface area contributed by atoms with Crippen LogP contribution in [0.5, 0.6) is 11.5 Å². The van der Waals surface area contributed by atoms with E-state index in [-0.39, 0.29) is 24.3 Å². The smallest absolute Gasteiger partial charge is 0.262 e. The van der Waals surface area contributed by atoms with Crippen LogP contribution in [0.4, 0.5) is 5.69 Å². The third kappa shape index (κ3) is 5.09. The summed E-state index contributed by atoms with van der Waals surface area (Å²) in [6.45, 7) is 8.26. The highest BCUT2D eigenvalue weighted by atomic mass is 16.5. The molecule has 0 bridgehead atoms. The third-order valence-corrected chi connectivity index (χ3v) is 4.32. The first-order valence-corrected chi connectivity index (χ1v) is 9.06. The fourth-order valence-corrected chi connectivity index (χ4v) is 2.89. The molecule has 0 aliphatic rings. The summed E-state index contributed by atoms with van der Waals surface area (Å²) in [5.41, 5.74) is 3.54. The number of nitrogens with one attached hydrogen (secondary N) is 1. The molecule has 0 fully saturated rings. The van der Waals surface area contributed by atoms with Crippen LogP contribution < -0.4 is 14.8 Å². The first-order chi connectivity index (χ1) is 12.9. The first kappa shape index (κ1) is 20.5. The van der Waals surface area contributed by atoms with Gasteiger partial charge in [0, 0.05) is 11.3 Å². The Morgan fingerprint density at radius 1 is 1.04 bits per heavy atom. The van der Waals surface area contributed by atoms with Gasteiger partial charge in [-0.15, -0.1) is 0 Å². The number of aldehydes is 1. The van der Waals surface area contributed by atoms with Crippen molar-refractivity contribution in [1.82, 2.24) is 0 Å². The molecule has 2 rings (SSSR count). The van der Waals surface area contributed by atoms with Gasteiger partial charge in [-0.2, -0.15) is 0 Å². The predicted octanol–water partition coefficient (Wildman–Crippen LogP) is 4.77. The van der Waals surface area contributed by atoms with Crippen molar-refractivity contribution in [3.63, 3.8) is 0 Å². The number of hydrogen-bond donors (Lipinski definition) is 1. The van der Waals surface area contributed by atoms with E-state index in [4.69, 9.17) is 9.47 Å². The number of methoxy groups -OCH3 is 1. The van der Waals surface area contributed by atoms with E-state index in [9.17, 15) is 9.59 Å². The molecule has 0 aliphatic carbocycles. The Morgan fingerprint density at radius 2 is 1.67 bits per heavy atom. The lowest BCUT2D eigenvalue weighted by Crippen LogP contribution is -2.22. The zero-order valence-electron chi connectivity index (χ0n) is 16.5. The number of anilines is 1. The highest BCUT2D eigenvalue weighted by Gasteiger charge is 2.16. The predicted molar refractivity (Wildman–Crippen MR) is 107 cm³/mol. The van der Waals surface area contributed by atoms with Gasteiger partial charge in [-0.3, -0.25) is 9.59 Å². The van der Waals surface area contributed by atoms with Crippen LogP contribution in [-0.2, 0) is 4.79 Å². The van der Waals surface area contributed by atoms with Crippen molar-refractivity contribution >= 4 is 17.9 Å². The van der Waals surface area contributed by atoms with Gasteiger partial charge in [0.25, 0.3) is 5.91 Å². The Kier molecular flexibility index (Phi) is 6.99. The van der Waals surface area contributed by atoms with Crippen molar-refractivity contribution in [3.8, 4) is 11.5 Å². The number of hydrogen-bond acceptors (Lipinski definition) is 4. The molecule has 0 heterocycles. The SMILES string of the molecule is COc1cc(C=O)ccc1OCC(=O)Nc1c(C(C)C)cccc1C(C)C. The summed E-state index contributed by atoms with van der Waals surface area (Å²) in [4.78, 5) is 23.4. The van der Waals surface area contributed by atoms with Gasteiger partial charge >= 0.3 is 0 Å². The molecule has 0 unspecified atom stereocenters. The molecule has 1 amide bonds. The Bertz CT molecular complexity index is 786. The minimum Gasteiger partial charge on any atom is -0.493 e. The molecule has 0 saturated carbocycles. The highest BCUT2D eigenvalue weighted by Crippen LogP contribution is 2.32. The van der Waals surface area contributed by atoms with Gasteiger partial charge in [-0.05, 0) is 41.2 Å². The molecule has 0 spiro atoms. The zero-order chi connectivity index (χ0) is 20.0. The molecule has 2 aromatic carbocycles. The van der Waals surface area contributed by atoms with E-state index in [1.165, 1.54) is 7.11 Å². The molecule has 27 heavy (non-hydrogen) atoms. The maximum atomic E-state index is 12.5. The number of rotatable bonds is 8. The fourth-order valence-electron chi connectivity index (χ4n) is 2.89. The van der Waals surface area contributed by atoms with E-state index >= 15 is 0 Å². The third-order valence-electron chi connectivity index (χ3n) is 4.32. The molecule has 1 N–H and O–H groups in total. The average molecular weight is 369 g/mol. The van der Waals surface area contributed by atoms with Crippen LogP contribution >= 0.6 is 0 Å². The molecule has 0 aliphatic heterocycles. The van der Waals surface area contributed by atoms with Gasteiger partial charge in [0.1, 0.15) is 6.29 Å². The van der Waals surface area contributed by atoms with Crippen molar-refractivity contribution in [2.75, 3.05) is 19.0 Å². The molecule has 5 nitrogen and oxygen atoms in total. The monoisotopic (exact) mass is 369 g/mol. The van der Waals surface area contributed by atoms with E-state index in [0.717, 1.165) is 23.1 Å². The van der Waals surface area contributed by atoms with E-state index in [1.54, 1.807) is 18.2 Å². The Morgan fingerprint density at radius 3 is 2.19 bits per heavy atom. The van der Waals surface area contributed by atoms with Crippen molar-refractivity contribution in [1.29, 1.82) is 0 Å². The summed E-state index contributed by atoms with van der Waals surface area (Å²) >= 11 is 0. The van der Waals surface area contributed by atoms with Gasteiger partial charge in [-0.1, -0.05) is 45.9 Å². The summed E-state index contributed by atoms with van der Waals surface area (Å²) in [5.74, 6) is 1.16. The number of benzene rings is 2. The summed E-state index contributed by atoms with van der Waals surface area (Å²) in [7, 11) is 1.49. The van der Waals surface area contributed by atoms with Crippen molar-refractivity contribution < 1.29 is 19.1 Å². The second kappa shape index (κ2) is 9.21. The largest absolute Gasteiger partial charge is 0.493 e. The quantitative estimate of drug-likeness (QED) is 0.681. The zero-order valence-corrected chi connectivity index (χ0v) is 16.5. The van der Waals surface area contributed by atoms with Gasteiger partial charge in [-0.25, -0.2) is 0 Å². The molecular weight excluding hydrogens is 342 g/mol. The first-order valence-electron chi connectivity index (χ1n) is 9.06. The summed E-state index contributed by atoms with van der Waals surface area (Å²) in [6, 6.07) is 10.9. The van der Waals surface area contributed by atoms with Crippen LogP contribution in [0, 0.1) is 0 Å². The Labute approximate surface area is 160 Å². The molecule has 5 heteroatoms. The lowest BCUT2D eigenvalue weighted by atomic mass is 9.92. The van der Waals surface area contributed by atoms with Crippen LogP contribution in [0.15, 0.2) is 36.4 Å². The number of para-hydroxylation sites is 1. The van der Waals surface area contributed by atoms with Crippen molar-refractivity contribution in [3.05, 3.63) is 53.1 Å². The number of carbonyl (C=O) groups is 2. The lowest BCUT2D eigenvalue weighted by molar-refractivity contribution is -0.118. The minimum atomic E-state index is -0.244. The summed E-state index contributed by atoms with van der Waals surface area (Å²) < 4.78 is 10.8. The van der Waals surface area contributed by atoms with Gasteiger partial charge < -0.3 is 14.8 Å². The summed E-state index contributed by atoms with van der Waals surface area (Å²) in [5, 5.41) is 3.01. The molecule has 144 valence electrons. The molecule has 0 aromatic heterocycles. The lowest BCUT2D eigenvalue weighted by Gasteiger charge is -2.20. The summed E-state index contributed by atoms with van der Waals surface area (Å²) in [6.07, 6.45) is 0.731. The maximum Gasteiger partial charge on any atom is 0.262 e. The Balaban J connectivity index is 2.16. The topological polar surface area (TPSA) is 64.6 Å². The van der Waals surface area contributed by atoms with Crippen LogP contribution in [-0.4, -0.2) is 25.9 Å². The molecule has 2 aromatic rings. The van der Waals surface area contributed by atoms with Gasteiger partial charge in [0.05, 0.1) is 7.11 Å².